The van der Waals surface area contributed by atoms with Gasteiger partial charge < -0.3 is 113 Å². The molecule has 9 fully saturated rings. The molecule has 6 saturated heterocycles. The Kier molecular flexibility index (Phi) is 18.9. The quantitative estimate of drug-likeness (QED) is 0.0193. The number of aliphatic hydroxyl groups is 11. The number of aliphatic hydroxyl groups excluding tert-OH is 10. The smallest absolute Gasteiger partial charge is 0.726 e. The Labute approximate surface area is 504 Å². The Bertz CT molecular complexity index is 2490. The number of hydrogen-bond donors (Lipinski definition) is 11. The molecule has 6 aliphatic heterocycles. The fourth-order valence-electron chi connectivity index (χ4n) is 17.0. The summed E-state index contributed by atoms with van der Waals surface area (Å²) < 4.78 is 106. The van der Waals surface area contributed by atoms with E-state index < -0.39 is 210 Å². The number of fused-ring (bicyclic) bond motifs is 4. The molecular formula is C54H85NaO27S. The molecule has 0 amide bonds. The average Bonchev–Trinajstić information content (AvgIpc) is 1.51. The molecule has 1 spiro atoms. The van der Waals surface area contributed by atoms with E-state index in [0.717, 1.165) is 5.57 Å². The van der Waals surface area contributed by atoms with Crippen molar-refractivity contribution in [3.05, 3.63) is 11.6 Å². The summed E-state index contributed by atoms with van der Waals surface area (Å²) in [6.45, 7) is 13.0. The fourth-order valence-corrected chi connectivity index (χ4v) is 17.4. The molecule has 11 unspecified atom stereocenters. The van der Waals surface area contributed by atoms with Crippen molar-refractivity contribution >= 4 is 16.4 Å². The minimum absolute atomic E-state index is 0. The maximum Gasteiger partial charge on any atom is 1.00 e. The summed E-state index contributed by atoms with van der Waals surface area (Å²) in [6.07, 6.45) is -29.4. The third-order valence-electron chi connectivity index (χ3n) is 21.4. The third kappa shape index (κ3) is 10.5. The van der Waals surface area contributed by atoms with Gasteiger partial charge in [0.1, 0.15) is 103 Å². The molecule has 0 bridgehead atoms. The summed E-state index contributed by atoms with van der Waals surface area (Å²) in [5.41, 5.74) is -6.53. The zero-order valence-corrected chi connectivity index (χ0v) is 51.4. The van der Waals surface area contributed by atoms with Crippen molar-refractivity contribution in [3.63, 3.8) is 0 Å². The van der Waals surface area contributed by atoms with Crippen LogP contribution in [0, 0.1) is 33.5 Å². The molecule has 10 aliphatic rings. The summed E-state index contributed by atoms with van der Waals surface area (Å²) in [4.78, 5) is 14.7. The van der Waals surface area contributed by atoms with Crippen molar-refractivity contribution in [1.82, 2.24) is 0 Å². The molecule has 11 N–H and O–H groups in total. The molecule has 83 heavy (non-hydrogen) atoms. The first-order chi connectivity index (χ1) is 38.2. The number of carbonyl (C=O) groups is 1. The van der Waals surface area contributed by atoms with E-state index in [4.69, 9.17) is 52.1 Å². The van der Waals surface area contributed by atoms with Crippen molar-refractivity contribution in [2.75, 3.05) is 26.9 Å². The van der Waals surface area contributed by atoms with Crippen LogP contribution < -0.4 is 29.6 Å². The molecule has 0 aromatic rings. The number of methoxy groups -OCH3 is 1. The van der Waals surface area contributed by atoms with Crippen LogP contribution in [-0.2, 0) is 71.5 Å². The Morgan fingerprint density at radius 2 is 1.27 bits per heavy atom. The van der Waals surface area contributed by atoms with Gasteiger partial charge in [0.05, 0.1) is 43.7 Å². The molecule has 6 heterocycles. The largest absolute Gasteiger partial charge is 1.00 e. The molecule has 27 nitrogen and oxygen atoms in total. The van der Waals surface area contributed by atoms with Gasteiger partial charge >= 0.3 is 35.5 Å². The fraction of sp³-hybridized carbons (Fsp3) is 0.944. The molecule has 0 radical (unpaired) electrons. The van der Waals surface area contributed by atoms with Gasteiger partial charge in [-0.2, -0.15) is 0 Å². The summed E-state index contributed by atoms with van der Waals surface area (Å²) in [7, 11) is -4.27. The summed E-state index contributed by atoms with van der Waals surface area (Å²) in [5.74, 6) is -0.989. The molecule has 470 valence electrons. The first-order valence-electron chi connectivity index (χ1n) is 28.6. The van der Waals surface area contributed by atoms with Gasteiger partial charge in [0, 0.05) is 7.11 Å². The number of rotatable bonds is 14. The van der Waals surface area contributed by atoms with Crippen molar-refractivity contribution in [1.29, 1.82) is 0 Å². The molecule has 3 saturated carbocycles. The van der Waals surface area contributed by atoms with Crippen LogP contribution in [0.3, 0.4) is 0 Å². The molecule has 29 atom stereocenters. The van der Waals surface area contributed by atoms with Gasteiger partial charge in [-0.05, 0) is 107 Å². The SMILES string of the molecule is CO[C@H]1C(O)[C@H](O[C@H]2C(O)[C@H](O[C@@H]3C(C)O[C@@H](OC4[C@H](O[C@H]5CC[C@]6(C)C7=C[C@H](O)C89C(=O)O[C@@](C)(C%10CCC(C)(C)O%10)[C@@]8(O)CC[C@@]9(C)C7CCC6C5(C)C)OC[C@@H](OS(=O)(=O)[O-])[C@H]4O)C(O)[C@@H]3O)OC(CO)[C@H]2O)OC(CO)[C@H]1O.[Na+]. The third-order valence-corrected chi connectivity index (χ3v) is 21.8. The van der Waals surface area contributed by atoms with Crippen molar-refractivity contribution < 1.29 is 160 Å². The number of allylic oxidation sites excluding steroid dienone is 1. The van der Waals surface area contributed by atoms with E-state index in [1.54, 1.807) is 13.0 Å². The van der Waals surface area contributed by atoms with Crippen molar-refractivity contribution in [3.8, 4) is 0 Å². The molecule has 29 heteroatoms. The van der Waals surface area contributed by atoms with Crippen LogP contribution in [0.25, 0.3) is 0 Å². The summed E-state index contributed by atoms with van der Waals surface area (Å²) in [6, 6.07) is 0. The Morgan fingerprint density at radius 1 is 0.675 bits per heavy atom. The monoisotopic (exact) mass is 1220 g/mol. The maximum absolute atomic E-state index is 14.7. The van der Waals surface area contributed by atoms with Gasteiger partial charge in [-0.3, -0.25) is 8.98 Å². The van der Waals surface area contributed by atoms with E-state index in [9.17, 15) is 73.9 Å². The Hall–Kier alpha value is -0.760. The second kappa shape index (κ2) is 23.5. The van der Waals surface area contributed by atoms with Gasteiger partial charge in [0.15, 0.2) is 30.8 Å². The van der Waals surface area contributed by atoms with E-state index in [1.807, 2.05) is 34.6 Å². The predicted molar refractivity (Wildman–Crippen MR) is 271 cm³/mol. The van der Waals surface area contributed by atoms with Crippen LogP contribution >= 0.6 is 0 Å². The minimum atomic E-state index is -5.44. The number of ether oxygens (including phenoxy) is 11. The molecule has 0 aromatic heterocycles. The van der Waals surface area contributed by atoms with Gasteiger partial charge in [-0.25, -0.2) is 8.42 Å². The molecular weight excluding hydrogens is 1140 g/mol. The van der Waals surface area contributed by atoms with Gasteiger partial charge in [-0.15, -0.1) is 0 Å². The van der Waals surface area contributed by atoms with E-state index >= 15 is 0 Å². The Balaban J connectivity index is 0.00000828. The molecule has 10 rings (SSSR count). The minimum Gasteiger partial charge on any atom is -0.726 e. The van der Waals surface area contributed by atoms with E-state index in [0.29, 0.717) is 44.9 Å². The first kappa shape index (κ1) is 66.7. The zero-order chi connectivity index (χ0) is 60.0. The van der Waals surface area contributed by atoms with Crippen LogP contribution in [0.2, 0.25) is 0 Å². The predicted octanol–water partition coefficient (Wildman–Crippen LogP) is -5.60. The number of esters is 1. The van der Waals surface area contributed by atoms with E-state index in [2.05, 4.69) is 11.1 Å². The van der Waals surface area contributed by atoms with Crippen LogP contribution in [0.15, 0.2) is 11.6 Å². The van der Waals surface area contributed by atoms with E-state index in [-0.39, 0.29) is 47.8 Å². The number of carbonyl (C=O) groups excluding carboxylic acids is 1. The van der Waals surface area contributed by atoms with Crippen LogP contribution in [0.5, 0.6) is 0 Å². The van der Waals surface area contributed by atoms with E-state index in [1.165, 1.54) is 14.0 Å². The summed E-state index contributed by atoms with van der Waals surface area (Å²) in [5, 5.41) is 125. The van der Waals surface area contributed by atoms with Crippen LogP contribution in [-0.4, -0.2) is 254 Å². The average molecular weight is 1220 g/mol. The second-order valence-electron chi connectivity index (χ2n) is 26.5. The van der Waals surface area contributed by atoms with Gasteiger partial charge in [0.25, 0.3) is 0 Å². The first-order valence-corrected chi connectivity index (χ1v) is 29.9. The number of cyclic esters (lactones) is 1. The summed E-state index contributed by atoms with van der Waals surface area (Å²) >= 11 is 0. The number of hydrogen-bond acceptors (Lipinski definition) is 27. The Morgan fingerprint density at radius 3 is 1.86 bits per heavy atom. The van der Waals surface area contributed by atoms with Crippen molar-refractivity contribution in [2.24, 2.45) is 33.5 Å². The second-order valence-corrected chi connectivity index (χ2v) is 27.5. The maximum atomic E-state index is 14.7. The van der Waals surface area contributed by atoms with Crippen LogP contribution in [0.4, 0.5) is 0 Å². The zero-order valence-electron chi connectivity index (χ0n) is 48.6. The molecule has 4 aliphatic carbocycles. The van der Waals surface area contributed by atoms with Gasteiger partial charge in [0.2, 0.25) is 10.4 Å². The van der Waals surface area contributed by atoms with Crippen molar-refractivity contribution in [2.45, 2.75) is 259 Å². The molecule has 0 aromatic carbocycles. The van der Waals surface area contributed by atoms with Crippen LogP contribution in [0.1, 0.15) is 107 Å². The van der Waals surface area contributed by atoms with Gasteiger partial charge in [-0.1, -0.05) is 39.3 Å². The normalized spacial score (nSPS) is 53.0. The standard InChI is InChI=1S/C54H86O27S.Na/c1-22-39(76-45-38(64)41(33(59)26(20-56)74-45)77-44-37(63)40(70-9)32(58)25(19-55)73-44)35(61)36(62)43(72-22)78-42-34(60)27(81-82(67,68)69)21-71-46(42)75-30-13-15-50(6)24-18-29(57)54-47(65)80-52(8,31-12-14-48(2,3)79-31)53(54,66)17-16-51(54,7)23(24)10-11-28(50)49(30,4)5;/h18,22-23,25-46,55-64,66H,10-17,19-21H2,1-9H3,(H,67,68,69);/q;+1/p-1/t22?,23?,25?,26?,27-,28?,29+,30+,31?,32-,33-,34-,35+,36?,37?,38?,39-,40-,41-,42?,43+,44+,45+,46+,50-,51+,52+,53+,54?;/m1./s1. The topological polar surface area (TPSA) is 408 Å².